The number of quaternary nitrogens is 1. The first-order valence-electron chi connectivity index (χ1n) is 4.71. The van der Waals surface area contributed by atoms with Gasteiger partial charge in [0.1, 0.15) is 13.1 Å². The van der Waals surface area contributed by atoms with Crippen LogP contribution in [0.3, 0.4) is 0 Å². The van der Waals surface area contributed by atoms with Crippen molar-refractivity contribution < 1.29 is 9.59 Å². The highest BCUT2D eigenvalue weighted by Gasteiger charge is 2.14. The van der Waals surface area contributed by atoms with Crippen LogP contribution in [0.2, 0.25) is 0 Å². The van der Waals surface area contributed by atoms with Crippen LogP contribution in [0.5, 0.6) is 0 Å². The number of aliphatic hydroxyl groups excluding tert-OH is 1. The molecule has 0 unspecified atom stereocenters. The zero-order valence-electron chi connectivity index (χ0n) is 8.70. The lowest BCUT2D eigenvalue weighted by molar-refractivity contribution is -0.903. The van der Waals surface area contributed by atoms with Crippen molar-refractivity contribution in [3.63, 3.8) is 0 Å². The van der Waals surface area contributed by atoms with Crippen LogP contribution in [0.15, 0.2) is 24.3 Å². The zero-order chi connectivity index (χ0) is 10.6. The van der Waals surface area contributed by atoms with E-state index in [0.717, 1.165) is 17.6 Å². The maximum Gasteiger partial charge on any atom is 0.104 e. The highest BCUT2D eigenvalue weighted by Crippen LogP contribution is 2.11. The molecular formula is C11H17INO+. The fourth-order valence-corrected chi connectivity index (χ4v) is 1.79. The highest BCUT2D eigenvalue weighted by molar-refractivity contribution is 14.1. The van der Waals surface area contributed by atoms with Crippen molar-refractivity contribution in [2.75, 3.05) is 27.2 Å². The second-order valence-corrected chi connectivity index (χ2v) is 5.41. The molecule has 0 amide bonds. The number of halogens is 1. The van der Waals surface area contributed by atoms with Crippen molar-refractivity contribution in [1.82, 2.24) is 0 Å². The molecule has 2 nitrogen and oxygen atoms in total. The van der Waals surface area contributed by atoms with E-state index in [9.17, 15) is 0 Å². The van der Waals surface area contributed by atoms with E-state index in [1.807, 2.05) is 0 Å². The van der Waals surface area contributed by atoms with E-state index >= 15 is 0 Å². The number of benzene rings is 1. The van der Waals surface area contributed by atoms with E-state index in [0.29, 0.717) is 0 Å². The first-order chi connectivity index (χ1) is 6.53. The second kappa shape index (κ2) is 5.09. The number of likely N-dealkylation sites (N-methyl/N-ethyl adjacent to an activating group) is 1. The summed E-state index contributed by atoms with van der Waals surface area (Å²) in [5, 5.41) is 8.91. The average molecular weight is 306 g/mol. The molecule has 0 saturated carbocycles. The van der Waals surface area contributed by atoms with Gasteiger partial charge in [0.2, 0.25) is 0 Å². The third-order valence-electron chi connectivity index (χ3n) is 2.23. The van der Waals surface area contributed by atoms with Gasteiger partial charge < -0.3 is 9.59 Å². The summed E-state index contributed by atoms with van der Waals surface area (Å²) in [5.41, 5.74) is 1.32. The van der Waals surface area contributed by atoms with E-state index in [-0.39, 0.29) is 6.61 Å². The van der Waals surface area contributed by atoms with Gasteiger partial charge in [-0.15, -0.1) is 0 Å². The lowest BCUT2D eigenvalue weighted by Gasteiger charge is -2.28. The van der Waals surface area contributed by atoms with Gasteiger partial charge in [0.05, 0.1) is 20.7 Å². The van der Waals surface area contributed by atoms with Crippen molar-refractivity contribution in [3.8, 4) is 0 Å². The molecule has 0 spiro atoms. The van der Waals surface area contributed by atoms with Crippen LogP contribution in [0.1, 0.15) is 5.56 Å². The van der Waals surface area contributed by atoms with E-state index in [1.54, 1.807) is 0 Å². The molecule has 1 rings (SSSR count). The molecule has 1 N–H and O–H groups in total. The number of hydrogen-bond donors (Lipinski definition) is 1. The minimum Gasteiger partial charge on any atom is -0.391 e. The third kappa shape index (κ3) is 3.94. The number of hydrogen-bond acceptors (Lipinski definition) is 1. The lowest BCUT2D eigenvalue weighted by atomic mass is 10.2. The SMILES string of the molecule is C[N+](C)(CCO)Cc1ccc(I)cc1. The third-order valence-corrected chi connectivity index (χ3v) is 2.95. The summed E-state index contributed by atoms with van der Waals surface area (Å²) in [7, 11) is 4.27. The average Bonchev–Trinajstić information content (AvgIpc) is 2.08. The summed E-state index contributed by atoms with van der Waals surface area (Å²) < 4.78 is 2.09. The fraction of sp³-hybridized carbons (Fsp3) is 0.455. The topological polar surface area (TPSA) is 20.2 Å². The van der Waals surface area contributed by atoms with Crippen LogP contribution in [-0.2, 0) is 6.54 Å². The Bertz CT molecular complexity index is 282. The van der Waals surface area contributed by atoms with Crippen LogP contribution in [-0.4, -0.2) is 36.8 Å². The van der Waals surface area contributed by atoms with E-state index in [4.69, 9.17) is 5.11 Å². The minimum atomic E-state index is 0.247. The Labute approximate surface area is 99.3 Å². The quantitative estimate of drug-likeness (QED) is 0.665. The molecule has 0 aliphatic carbocycles. The van der Waals surface area contributed by atoms with Gasteiger partial charge in [0, 0.05) is 9.13 Å². The molecule has 0 aliphatic heterocycles. The van der Waals surface area contributed by atoms with Gasteiger partial charge in [-0.25, -0.2) is 0 Å². The fourth-order valence-electron chi connectivity index (χ4n) is 1.43. The van der Waals surface area contributed by atoms with Crippen molar-refractivity contribution in [2.45, 2.75) is 6.54 Å². The summed E-state index contributed by atoms with van der Waals surface area (Å²) in [5.74, 6) is 0. The van der Waals surface area contributed by atoms with Crippen LogP contribution in [0.25, 0.3) is 0 Å². The molecule has 1 aromatic carbocycles. The van der Waals surface area contributed by atoms with Crippen LogP contribution in [0.4, 0.5) is 0 Å². The Balaban J connectivity index is 2.64. The number of aliphatic hydroxyl groups is 1. The molecule has 0 saturated heterocycles. The number of nitrogens with zero attached hydrogens (tertiary/aromatic N) is 1. The molecule has 0 atom stereocenters. The Hall–Kier alpha value is -0.130. The molecule has 0 heterocycles. The van der Waals surface area contributed by atoms with Crippen LogP contribution < -0.4 is 0 Å². The largest absolute Gasteiger partial charge is 0.391 e. The van der Waals surface area contributed by atoms with Crippen molar-refractivity contribution >= 4 is 22.6 Å². The summed E-state index contributed by atoms with van der Waals surface area (Å²) in [6.07, 6.45) is 0. The highest BCUT2D eigenvalue weighted by atomic mass is 127. The predicted octanol–water partition coefficient (Wildman–Crippen LogP) is 1.86. The Morgan fingerprint density at radius 2 is 1.79 bits per heavy atom. The normalized spacial score (nSPS) is 11.7. The van der Waals surface area contributed by atoms with Crippen LogP contribution in [0, 0.1) is 3.57 Å². The van der Waals surface area contributed by atoms with E-state index in [2.05, 4.69) is 61.0 Å². The van der Waals surface area contributed by atoms with Gasteiger partial charge in [-0.3, -0.25) is 0 Å². The summed E-state index contributed by atoms with van der Waals surface area (Å²) in [6, 6.07) is 8.54. The van der Waals surface area contributed by atoms with Crippen molar-refractivity contribution in [2.24, 2.45) is 0 Å². The molecule has 0 aliphatic rings. The summed E-state index contributed by atoms with van der Waals surface area (Å²) in [4.78, 5) is 0. The molecule has 78 valence electrons. The van der Waals surface area contributed by atoms with Gasteiger partial charge in [0.15, 0.2) is 0 Å². The smallest absolute Gasteiger partial charge is 0.104 e. The molecule has 14 heavy (non-hydrogen) atoms. The Kier molecular flexibility index (Phi) is 4.34. The van der Waals surface area contributed by atoms with Crippen LogP contribution >= 0.6 is 22.6 Å². The first-order valence-corrected chi connectivity index (χ1v) is 5.79. The van der Waals surface area contributed by atoms with Gasteiger partial charge >= 0.3 is 0 Å². The maximum atomic E-state index is 8.91. The predicted molar refractivity (Wildman–Crippen MR) is 66.9 cm³/mol. The second-order valence-electron chi connectivity index (χ2n) is 4.17. The monoisotopic (exact) mass is 306 g/mol. The standard InChI is InChI=1S/C11H17INO/c1-13(2,7-8-14)9-10-3-5-11(12)6-4-10/h3-6,14H,7-9H2,1-2H3/q+1. The number of rotatable bonds is 4. The molecule has 0 bridgehead atoms. The first kappa shape index (κ1) is 11.9. The summed E-state index contributed by atoms with van der Waals surface area (Å²) in [6.45, 7) is 2.01. The van der Waals surface area contributed by atoms with Crippen molar-refractivity contribution in [3.05, 3.63) is 33.4 Å². The summed E-state index contributed by atoms with van der Waals surface area (Å²) >= 11 is 2.31. The Morgan fingerprint density at radius 3 is 2.29 bits per heavy atom. The minimum absolute atomic E-state index is 0.247. The van der Waals surface area contributed by atoms with Gasteiger partial charge in [-0.1, -0.05) is 12.1 Å². The molecule has 1 aromatic rings. The maximum absolute atomic E-state index is 8.91. The molecule has 0 aromatic heterocycles. The molecule has 0 radical (unpaired) electrons. The van der Waals surface area contributed by atoms with Gasteiger partial charge in [-0.05, 0) is 34.7 Å². The van der Waals surface area contributed by atoms with E-state index < -0.39 is 0 Å². The Morgan fingerprint density at radius 1 is 1.21 bits per heavy atom. The van der Waals surface area contributed by atoms with Gasteiger partial charge in [-0.2, -0.15) is 0 Å². The van der Waals surface area contributed by atoms with Gasteiger partial charge in [0.25, 0.3) is 0 Å². The van der Waals surface area contributed by atoms with Crippen molar-refractivity contribution in [1.29, 1.82) is 0 Å². The molecule has 3 heteroatoms. The lowest BCUT2D eigenvalue weighted by Crippen LogP contribution is -2.40. The van der Waals surface area contributed by atoms with E-state index in [1.165, 1.54) is 9.13 Å². The zero-order valence-corrected chi connectivity index (χ0v) is 10.9. The molecule has 0 fully saturated rings. The molecular weight excluding hydrogens is 289 g/mol.